The SMILES string of the molecule is CC1CCN(C(=O)c2cc(C(=O)O)ccn2)C1. The van der Waals surface area contributed by atoms with E-state index in [1.807, 2.05) is 0 Å². The Kier molecular flexibility index (Phi) is 3.08. The predicted molar refractivity (Wildman–Crippen MR) is 60.9 cm³/mol. The summed E-state index contributed by atoms with van der Waals surface area (Å²) in [5.74, 6) is -0.727. The van der Waals surface area contributed by atoms with Gasteiger partial charge < -0.3 is 10.0 Å². The lowest BCUT2D eigenvalue weighted by atomic mass is 10.2. The average Bonchev–Trinajstić information content (AvgIpc) is 2.75. The van der Waals surface area contributed by atoms with Crippen molar-refractivity contribution in [2.75, 3.05) is 13.1 Å². The average molecular weight is 234 g/mol. The van der Waals surface area contributed by atoms with Gasteiger partial charge in [0.15, 0.2) is 0 Å². The molecule has 5 nitrogen and oxygen atoms in total. The third kappa shape index (κ3) is 2.43. The van der Waals surface area contributed by atoms with Crippen LogP contribution in [-0.2, 0) is 0 Å². The number of hydrogen-bond acceptors (Lipinski definition) is 3. The Morgan fingerprint density at radius 1 is 1.53 bits per heavy atom. The first-order chi connectivity index (χ1) is 8.08. The van der Waals surface area contributed by atoms with Gasteiger partial charge in [0.1, 0.15) is 5.69 Å². The minimum Gasteiger partial charge on any atom is -0.478 e. The van der Waals surface area contributed by atoms with Crippen LogP contribution < -0.4 is 0 Å². The fraction of sp³-hybridized carbons (Fsp3) is 0.417. The predicted octanol–water partition coefficient (Wildman–Crippen LogP) is 1.26. The number of rotatable bonds is 2. The van der Waals surface area contributed by atoms with Crippen LogP contribution in [0.5, 0.6) is 0 Å². The number of carbonyl (C=O) groups excluding carboxylic acids is 1. The van der Waals surface area contributed by atoms with Gasteiger partial charge in [0.05, 0.1) is 5.56 Å². The van der Waals surface area contributed by atoms with Crippen molar-refractivity contribution in [2.24, 2.45) is 5.92 Å². The molecule has 1 aromatic heterocycles. The molecule has 0 aromatic carbocycles. The Bertz CT molecular complexity index is 459. The van der Waals surface area contributed by atoms with E-state index in [-0.39, 0.29) is 17.2 Å². The van der Waals surface area contributed by atoms with Crippen LogP contribution in [0.25, 0.3) is 0 Å². The highest BCUT2D eigenvalue weighted by molar-refractivity contribution is 5.95. The molecule has 0 bridgehead atoms. The molecule has 17 heavy (non-hydrogen) atoms. The van der Waals surface area contributed by atoms with Crippen molar-refractivity contribution < 1.29 is 14.7 Å². The summed E-state index contributed by atoms with van der Waals surface area (Å²) in [7, 11) is 0. The molecular formula is C12H14N2O3. The molecule has 2 heterocycles. The zero-order valence-electron chi connectivity index (χ0n) is 9.59. The fourth-order valence-electron chi connectivity index (χ4n) is 1.96. The van der Waals surface area contributed by atoms with E-state index >= 15 is 0 Å². The summed E-state index contributed by atoms with van der Waals surface area (Å²) in [6.07, 6.45) is 2.35. The molecule has 1 aliphatic rings. The summed E-state index contributed by atoms with van der Waals surface area (Å²) in [5, 5.41) is 8.85. The van der Waals surface area contributed by atoms with Crippen LogP contribution in [0.1, 0.15) is 34.2 Å². The summed E-state index contributed by atoms with van der Waals surface area (Å²) >= 11 is 0. The van der Waals surface area contributed by atoms with Crippen molar-refractivity contribution >= 4 is 11.9 Å². The maximum absolute atomic E-state index is 12.0. The Morgan fingerprint density at radius 3 is 2.88 bits per heavy atom. The Hall–Kier alpha value is -1.91. The summed E-state index contributed by atoms with van der Waals surface area (Å²) in [6.45, 7) is 3.53. The monoisotopic (exact) mass is 234 g/mol. The standard InChI is InChI=1S/C12H14N2O3/c1-8-3-5-14(7-8)11(15)10-6-9(12(16)17)2-4-13-10/h2,4,6,8H,3,5,7H2,1H3,(H,16,17). The number of aromatic carboxylic acids is 1. The Morgan fingerprint density at radius 2 is 2.29 bits per heavy atom. The molecule has 5 heteroatoms. The van der Waals surface area contributed by atoms with Crippen LogP contribution in [0.3, 0.4) is 0 Å². The van der Waals surface area contributed by atoms with Crippen molar-refractivity contribution in [1.29, 1.82) is 0 Å². The minimum absolute atomic E-state index is 0.0931. The fourth-order valence-corrected chi connectivity index (χ4v) is 1.96. The third-order valence-electron chi connectivity index (χ3n) is 2.94. The van der Waals surface area contributed by atoms with Crippen molar-refractivity contribution in [3.8, 4) is 0 Å². The van der Waals surface area contributed by atoms with Crippen molar-refractivity contribution in [2.45, 2.75) is 13.3 Å². The summed E-state index contributed by atoms with van der Waals surface area (Å²) < 4.78 is 0. The van der Waals surface area contributed by atoms with E-state index in [2.05, 4.69) is 11.9 Å². The second-order valence-electron chi connectivity index (χ2n) is 4.38. The van der Waals surface area contributed by atoms with Gasteiger partial charge in [-0.15, -0.1) is 0 Å². The van der Waals surface area contributed by atoms with E-state index in [4.69, 9.17) is 5.11 Å². The third-order valence-corrected chi connectivity index (χ3v) is 2.94. The summed E-state index contributed by atoms with van der Waals surface area (Å²) in [6, 6.07) is 2.71. The quantitative estimate of drug-likeness (QED) is 0.836. The number of carboxylic acid groups (broad SMARTS) is 1. The normalized spacial score (nSPS) is 19.4. The molecule has 0 spiro atoms. The second-order valence-corrected chi connectivity index (χ2v) is 4.38. The maximum Gasteiger partial charge on any atom is 0.335 e. The van der Waals surface area contributed by atoms with Crippen LogP contribution in [-0.4, -0.2) is 40.0 Å². The number of nitrogens with zero attached hydrogens (tertiary/aromatic N) is 2. The molecule has 0 saturated carbocycles. The van der Waals surface area contributed by atoms with Gasteiger partial charge in [-0.2, -0.15) is 0 Å². The first-order valence-corrected chi connectivity index (χ1v) is 5.56. The number of hydrogen-bond donors (Lipinski definition) is 1. The second kappa shape index (κ2) is 4.53. The van der Waals surface area contributed by atoms with Crippen molar-refractivity contribution in [1.82, 2.24) is 9.88 Å². The van der Waals surface area contributed by atoms with Gasteiger partial charge in [0.2, 0.25) is 0 Å². The van der Waals surface area contributed by atoms with Crippen LogP contribution >= 0.6 is 0 Å². The van der Waals surface area contributed by atoms with Gasteiger partial charge in [-0.25, -0.2) is 4.79 Å². The molecule has 1 atom stereocenters. The smallest absolute Gasteiger partial charge is 0.335 e. The number of pyridine rings is 1. The van der Waals surface area contributed by atoms with Crippen LogP contribution in [0.15, 0.2) is 18.3 Å². The van der Waals surface area contributed by atoms with Gasteiger partial charge in [0.25, 0.3) is 5.91 Å². The molecule has 1 unspecified atom stereocenters. The summed E-state index contributed by atoms with van der Waals surface area (Å²) in [4.78, 5) is 28.5. The molecule has 1 N–H and O–H groups in total. The molecule has 1 amide bonds. The van der Waals surface area contributed by atoms with Crippen molar-refractivity contribution in [3.63, 3.8) is 0 Å². The van der Waals surface area contributed by atoms with Gasteiger partial charge in [0, 0.05) is 19.3 Å². The highest BCUT2D eigenvalue weighted by atomic mass is 16.4. The van der Waals surface area contributed by atoms with E-state index in [0.29, 0.717) is 5.92 Å². The van der Waals surface area contributed by atoms with E-state index in [1.54, 1.807) is 4.90 Å². The molecule has 1 fully saturated rings. The Labute approximate surface area is 99.1 Å². The van der Waals surface area contributed by atoms with E-state index in [1.165, 1.54) is 18.3 Å². The minimum atomic E-state index is -1.05. The summed E-state index contributed by atoms with van der Waals surface area (Å²) in [5.41, 5.74) is 0.301. The van der Waals surface area contributed by atoms with Gasteiger partial charge >= 0.3 is 5.97 Å². The van der Waals surface area contributed by atoms with E-state index in [9.17, 15) is 9.59 Å². The molecule has 1 saturated heterocycles. The highest BCUT2D eigenvalue weighted by Crippen LogP contribution is 2.17. The van der Waals surface area contributed by atoms with Gasteiger partial charge in [-0.1, -0.05) is 6.92 Å². The van der Waals surface area contributed by atoms with Gasteiger partial charge in [-0.3, -0.25) is 9.78 Å². The van der Waals surface area contributed by atoms with E-state index in [0.717, 1.165) is 19.5 Å². The lowest BCUT2D eigenvalue weighted by Gasteiger charge is -2.15. The molecule has 1 aromatic rings. The first-order valence-electron chi connectivity index (χ1n) is 5.56. The number of likely N-dealkylation sites (tertiary alicyclic amines) is 1. The molecule has 90 valence electrons. The largest absolute Gasteiger partial charge is 0.478 e. The topological polar surface area (TPSA) is 70.5 Å². The van der Waals surface area contributed by atoms with Gasteiger partial charge in [-0.05, 0) is 24.5 Å². The molecule has 2 rings (SSSR count). The molecule has 0 radical (unpaired) electrons. The number of amides is 1. The Balaban J connectivity index is 2.19. The zero-order chi connectivity index (χ0) is 12.4. The highest BCUT2D eigenvalue weighted by Gasteiger charge is 2.25. The lowest BCUT2D eigenvalue weighted by molar-refractivity contribution is 0.0696. The lowest BCUT2D eigenvalue weighted by Crippen LogP contribution is -2.29. The maximum atomic E-state index is 12.0. The zero-order valence-corrected chi connectivity index (χ0v) is 9.59. The van der Waals surface area contributed by atoms with E-state index < -0.39 is 5.97 Å². The number of aromatic nitrogens is 1. The molecule has 1 aliphatic heterocycles. The van der Waals surface area contributed by atoms with Crippen LogP contribution in [0.2, 0.25) is 0 Å². The molecular weight excluding hydrogens is 220 g/mol. The first kappa shape index (κ1) is 11.6. The van der Waals surface area contributed by atoms with Crippen molar-refractivity contribution in [3.05, 3.63) is 29.6 Å². The van der Waals surface area contributed by atoms with Crippen LogP contribution in [0.4, 0.5) is 0 Å². The molecule has 0 aliphatic carbocycles. The van der Waals surface area contributed by atoms with Crippen LogP contribution in [0, 0.1) is 5.92 Å². The number of carbonyl (C=O) groups is 2. The number of carboxylic acids is 1.